The maximum Gasteiger partial charge on any atom is 0.264 e. The summed E-state index contributed by atoms with van der Waals surface area (Å²) in [5.74, 6) is 0.852. The molecule has 2 heterocycles. The Balaban J connectivity index is 1.28. The van der Waals surface area contributed by atoms with E-state index in [1.165, 1.54) is 12.1 Å². The van der Waals surface area contributed by atoms with Crippen LogP contribution in [-0.4, -0.2) is 24.5 Å². The number of ether oxygens (including phenoxy) is 2. The van der Waals surface area contributed by atoms with Crippen LogP contribution in [0.3, 0.4) is 0 Å². The minimum Gasteiger partial charge on any atom is -0.454 e. The number of nitrogens with one attached hydrogen (secondary N) is 1. The van der Waals surface area contributed by atoms with Gasteiger partial charge in [0.25, 0.3) is 5.91 Å². The predicted molar refractivity (Wildman–Crippen MR) is 91.4 cm³/mol. The number of fused-ring (bicyclic) bond motifs is 1. The number of halogens is 1. The first kappa shape index (κ1) is 16.4. The maximum atomic E-state index is 13.2. The van der Waals surface area contributed by atoms with Crippen LogP contribution >= 0.6 is 0 Å². The Morgan fingerprint density at radius 2 is 2.04 bits per heavy atom. The number of oxime groups is 1. The summed E-state index contributed by atoms with van der Waals surface area (Å²) in [5.41, 5.74) is 2.43. The van der Waals surface area contributed by atoms with Crippen molar-refractivity contribution in [2.45, 2.75) is 25.5 Å². The van der Waals surface area contributed by atoms with Crippen LogP contribution < -0.4 is 14.8 Å². The number of benzene rings is 2. The number of nitrogens with zero attached hydrogens (tertiary/aromatic N) is 1. The van der Waals surface area contributed by atoms with E-state index in [2.05, 4.69) is 10.5 Å². The number of hydrogen-bond donors (Lipinski definition) is 1. The molecule has 0 saturated heterocycles. The zero-order valence-corrected chi connectivity index (χ0v) is 13.9. The first-order valence-corrected chi connectivity index (χ1v) is 8.29. The average molecular weight is 356 g/mol. The van der Waals surface area contributed by atoms with Gasteiger partial charge in [0.15, 0.2) is 11.5 Å². The van der Waals surface area contributed by atoms with Gasteiger partial charge in [-0.2, -0.15) is 0 Å². The molecule has 2 aromatic carbocycles. The van der Waals surface area contributed by atoms with Gasteiger partial charge in [0.2, 0.25) is 12.9 Å². The molecule has 0 fully saturated rings. The highest BCUT2D eigenvalue weighted by atomic mass is 19.1. The zero-order valence-electron chi connectivity index (χ0n) is 13.9. The van der Waals surface area contributed by atoms with E-state index >= 15 is 0 Å². The van der Waals surface area contributed by atoms with Crippen molar-refractivity contribution < 1.29 is 23.5 Å². The van der Waals surface area contributed by atoms with Gasteiger partial charge in [-0.05, 0) is 35.4 Å². The fourth-order valence-electron chi connectivity index (χ4n) is 2.91. The second-order valence-electron chi connectivity index (χ2n) is 6.17. The van der Waals surface area contributed by atoms with Gasteiger partial charge in [-0.25, -0.2) is 4.39 Å². The van der Waals surface area contributed by atoms with E-state index < -0.39 is 6.10 Å². The summed E-state index contributed by atoms with van der Waals surface area (Å²) in [6.45, 7) is 0.570. The average Bonchev–Trinajstić information content (AvgIpc) is 3.28. The Kier molecular flexibility index (Phi) is 4.43. The number of hydrogen-bond acceptors (Lipinski definition) is 5. The molecule has 0 spiro atoms. The lowest BCUT2D eigenvalue weighted by molar-refractivity contribution is -0.131. The Morgan fingerprint density at radius 3 is 2.92 bits per heavy atom. The Morgan fingerprint density at radius 1 is 1.15 bits per heavy atom. The van der Waals surface area contributed by atoms with E-state index in [0.29, 0.717) is 30.9 Å². The van der Waals surface area contributed by atoms with Crippen LogP contribution in [0.25, 0.3) is 0 Å². The van der Waals surface area contributed by atoms with Gasteiger partial charge in [0, 0.05) is 19.4 Å². The number of rotatable bonds is 5. The molecule has 2 aromatic rings. The van der Waals surface area contributed by atoms with Crippen LogP contribution in [0.5, 0.6) is 11.5 Å². The van der Waals surface area contributed by atoms with Crippen LogP contribution in [0, 0.1) is 5.82 Å². The molecule has 6 nitrogen and oxygen atoms in total. The quantitative estimate of drug-likeness (QED) is 0.894. The minimum atomic E-state index is -0.660. The van der Waals surface area contributed by atoms with Gasteiger partial charge in [-0.15, -0.1) is 0 Å². The first-order valence-electron chi connectivity index (χ1n) is 8.29. The fourth-order valence-corrected chi connectivity index (χ4v) is 2.91. The Labute approximate surface area is 149 Å². The molecule has 7 heteroatoms. The molecule has 1 amide bonds. The number of carbonyl (C=O) groups is 1. The zero-order chi connectivity index (χ0) is 17.9. The Bertz CT molecular complexity index is 868. The molecule has 26 heavy (non-hydrogen) atoms. The summed E-state index contributed by atoms with van der Waals surface area (Å²) in [5, 5.41) is 6.79. The van der Waals surface area contributed by atoms with Gasteiger partial charge in [0.1, 0.15) is 5.82 Å². The topological polar surface area (TPSA) is 69.2 Å². The van der Waals surface area contributed by atoms with Crippen molar-refractivity contribution in [3.05, 3.63) is 59.4 Å². The highest BCUT2D eigenvalue weighted by Gasteiger charge is 2.28. The lowest BCUT2D eigenvalue weighted by atomic mass is 10.0. The monoisotopic (exact) mass is 356 g/mol. The van der Waals surface area contributed by atoms with Crippen molar-refractivity contribution in [2.24, 2.45) is 5.16 Å². The molecule has 0 aromatic heterocycles. The molecule has 2 aliphatic rings. The molecule has 1 atom stereocenters. The third kappa shape index (κ3) is 3.61. The summed E-state index contributed by atoms with van der Waals surface area (Å²) in [4.78, 5) is 17.5. The van der Waals surface area contributed by atoms with Crippen molar-refractivity contribution in [2.75, 3.05) is 6.79 Å². The van der Waals surface area contributed by atoms with Crippen molar-refractivity contribution in [3.63, 3.8) is 0 Å². The minimum absolute atomic E-state index is 0.215. The van der Waals surface area contributed by atoms with E-state index in [1.54, 1.807) is 6.07 Å². The summed E-state index contributed by atoms with van der Waals surface area (Å²) in [7, 11) is 0. The van der Waals surface area contributed by atoms with Crippen LogP contribution in [0.1, 0.15) is 17.5 Å². The summed E-state index contributed by atoms with van der Waals surface area (Å²) in [6.07, 6.45) is 0.195. The summed E-state index contributed by atoms with van der Waals surface area (Å²) in [6, 6.07) is 11.8. The summed E-state index contributed by atoms with van der Waals surface area (Å²) < 4.78 is 23.8. The Hall–Kier alpha value is -3.09. The molecule has 134 valence electrons. The number of amides is 1. The predicted octanol–water partition coefficient (Wildman–Crippen LogP) is 2.56. The first-order chi connectivity index (χ1) is 12.7. The molecular formula is C19H17FN2O4. The van der Waals surface area contributed by atoms with E-state index in [0.717, 1.165) is 16.8 Å². The maximum absolute atomic E-state index is 13.2. The van der Waals surface area contributed by atoms with Gasteiger partial charge in [-0.3, -0.25) is 4.79 Å². The van der Waals surface area contributed by atoms with Crippen LogP contribution in [0.4, 0.5) is 4.39 Å². The lowest BCUT2D eigenvalue weighted by Gasteiger charge is -2.10. The van der Waals surface area contributed by atoms with Gasteiger partial charge in [0.05, 0.1) is 5.71 Å². The lowest BCUT2D eigenvalue weighted by Crippen LogP contribution is -2.34. The third-order valence-corrected chi connectivity index (χ3v) is 4.22. The molecule has 0 aliphatic carbocycles. The molecular weight excluding hydrogens is 339 g/mol. The largest absolute Gasteiger partial charge is 0.454 e. The van der Waals surface area contributed by atoms with Gasteiger partial charge in [-0.1, -0.05) is 23.4 Å². The number of carbonyl (C=O) groups excluding carboxylic acids is 1. The van der Waals surface area contributed by atoms with Crippen LogP contribution in [0.2, 0.25) is 0 Å². The normalized spacial score (nSPS) is 17.6. The molecule has 1 unspecified atom stereocenters. The molecule has 0 radical (unpaired) electrons. The molecule has 2 aliphatic heterocycles. The van der Waals surface area contributed by atoms with Crippen molar-refractivity contribution >= 4 is 11.6 Å². The molecule has 0 bridgehead atoms. The van der Waals surface area contributed by atoms with E-state index in [-0.39, 0.29) is 18.5 Å². The second kappa shape index (κ2) is 7.03. The third-order valence-electron chi connectivity index (χ3n) is 4.22. The SMILES string of the molecule is O=C(NCc1ccc2c(c1)OCO2)C1CC(Cc2cccc(F)c2)=NO1. The van der Waals surface area contributed by atoms with E-state index in [4.69, 9.17) is 14.3 Å². The van der Waals surface area contributed by atoms with Crippen molar-refractivity contribution in [1.29, 1.82) is 0 Å². The standard InChI is InChI=1S/C19H17FN2O4/c20-14-3-1-2-12(6-14)7-15-9-18(26-22-15)19(23)21-10-13-4-5-16-17(8-13)25-11-24-16/h1-6,8,18H,7,9-11H2,(H,21,23). The van der Waals surface area contributed by atoms with Gasteiger partial charge < -0.3 is 19.6 Å². The smallest absolute Gasteiger partial charge is 0.264 e. The fraction of sp³-hybridized carbons (Fsp3) is 0.263. The van der Waals surface area contributed by atoms with Crippen LogP contribution in [0.15, 0.2) is 47.6 Å². The molecule has 0 saturated carbocycles. The van der Waals surface area contributed by atoms with Gasteiger partial charge >= 0.3 is 0 Å². The van der Waals surface area contributed by atoms with Crippen LogP contribution in [-0.2, 0) is 22.6 Å². The van der Waals surface area contributed by atoms with E-state index in [9.17, 15) is 9.18 Å². The van der Waals surface area contributed by atoms with Crippen molar-refractivity contribution in [1.82, 2.24) is 5.32 Å². The highest BCUT2D eigenvalue weighted by molar-refractivity contribution is 5.93. The molecule has 4 rings (SSSR count). The van der Waals surface area contributed by atoms with Crippen molar-refractivity contribution in [3.8, 4) is 11.5 Å². The second-order valence-corrected chi connectivity index (χ2v) is 6.17. The summed E-state index contributed by atoms with van der Waals surface area (Å²) >= 11 is 0. The highest BCUT2D eigenvalue weighted by Crippen LogP contribution is 2.32. The van der Waals surface area contributed by atoms with E-state index in [1.807, 2.05) is 24.3 Å². The molecule has 1 N–H and O–H groups in total.